The summed E-state index contributed by atoms with van der Waals surface area (Å²) in [5, 5.41) is 10.2. The third-order valence-corrected chi connectivity index (χ3v) is 3.12. The van der Waals surface area contributed by atoms with Crippen LogP contribution in [0.5, 0.6) is 0 Å². The lowest BCUT2D eigenvalue weighted by molar-refractivity contribution is -0.0466. The predicted molar refractivity (Wildman–Crippen MR) is 50.6 cm³/mol. The topological polar surface area (TPSA) is 20.2 Å². The van der Waals surface area contributed by atoms with Crippen LogP contribution >= 0.6 is 0 Å². The molecule has 1 aliphatic rings. The quantitative estimate of drug-likeness (QED) is 0.624. The summed E-state index contributed by atoms with van der Waals surface area (Å²) in [7, 11) is 0. The Kier molecular flexibility index (Phi) is 3.17. The van der Waals surface area contributed by atoms with E-state index in [1.54, 1.807) is 0 Å². The second-order valence-electron chi connectivity index (χ2n) is 3.95. The van der Waals surface area contributed by atoms with Crippen molar-refractivity contribution in [1.82, 2.24) is 0 Å². The maximum Gasteiger partial charge on any atom is 0.0682 e. The van der Waals surface area contributed by atoms with Gasteiger partial charge in [0.15, 0.2) is 0 Å². The number of hydrogen-bond acceptors (Lipinski definition) is 1. The standard InChI is InChI=1S/C11H18O/c1-3-4-8-11(12)9-6-5-7-10(11)2/h1,10,12H,4-9H2,2H3. The van der Waals surface area contributed by atoms with Gasteiger partial charge in [-0.25, -0.2) is 0 Å². The molecule has 0 spiro atoms. The summed E-state index contributed by atoms with van der Waals surface area (Å²) in [4.78, 5) is 0. The van der Waals surface area contributed by atoms with Gasteiger partial charge >= 0.3 is 0 Å². The van der Waals surface area contributed by atoms with E-state index >= 15 is 0 Å². The second kappa shape index (κ2) is 3.96. The van der Waals surface area contributed by atoms with Crippen LogP contribution < -0.4 is 0 Å². The first-order valence-electron chi connectivity index (χ1n) is 4.85. The van der Waals surface area contributed by atoms with E-state index in [9.17, 15) is 5.11 Å². The third kappa shape index (κ3) is 2.01. The van der Waals surface area contributed by atoms with Gasteiger partial charge in [0.2, 0.25) is 0 Å². The Bertz CT molecular complexity index is 180. The van der Waals surface area contributed by atoms with E-state index in [0.29, 0.717) is 12.3 Å². The zero-order chi connectivity index (χ0) is 9.03. The molecular weight excluding hydrogens is 148 g/mol. The van der Waals surface area contributed by atoms with E-state index in [1.807, 2.05) is 0 Å². The van der Waals surface area contributed by atoms with Crippen LogP contribution in [-0.4, -0.2) is 10.7 Å². The molecule has 1 rings (SSSR count). The normalized spacial score (nSPS) is 35.9. The summed E-state index contributed by atoms with van der Waals surface area (Å²) in [6, 6.07) is 0. The van der Waals surface area contributed by atoms with E-state index in [1.165, 1.54) is 6.42 Å². The molecule has 1 saturated carbocycles. The minimum Gasteiger partial charge on any atom is -0.390 e. The average molecular weight is 166 g/mol. The van der Waals surface area contributed by atoms with Crippen molar-refractivity contribution in [3.8, 4) is 12.3 Å². The molecule has 1 aliphatic carbocycles. The van der Waals surface area contributed by atoms with Gasteiger partial charge in [0.1, 0.15) is 0 Å². The van der Waals surface area contributed by atoms with Crippen LogP contribution in [0.3, 0.4) is 0 Å². The van der Waals surface area contributed by atoms with Crippen molar-refractivity contribution in [2.24, 2.45) is 5.92 Å². The summed E-state index contributed by atoms with van der Waals surface area (Å²) in [5.41, 5.74) is -0.454. The van der Waals surface area contributed by atoms with Gasteiger partial charge in [0.05, 0.1) is 5.60 Å². The van der Waals surface area contributed by atoms with Gasteiger partial charge in [0.25, 0.3) is 0 Å². The lowest BCUT2D eigenvalue weighted by Crippen LogP contribution is -2.38. The van der Waals surface area contributed by atoms with Crippen molar-refractivity contribution >= 4 is 0 Å². The first kappa shape index (κ1) is 9.61. The van der Waals surface area contributed by atoms with E-state index in [0.717, 1.165) is 25.7 Å². The fourth-order valence-electron chi connectivity index (χ4n) is 2.06. The van der Waals surface area contributed by atoms with Crippen LogP contribution in [-0.2, 0) is 0 Å². The highest BCUT2D eigenvalue weighted by Gasteiger charge is 2.34. The summed E-state index contributed by atoms with van der Waals surface area (Å²) < 4.78 is 0. The number of terminal acetylenes is 1. The van der Waals surface area contributed by atoms with E-state index in [4.69, 9.17) is 6.42 Å². The van der Waals surface area contributed by atoms with Crippen LogP contribution in [0.15, 0.2) is 0 Å². The first-order chi connectivity index (χ1) is 5.69. The molecule has 0 bridgehead atoms. The molecule has 12 heavy (non-hydrogen) atoms. The molecule has 1 N–H and O–H groups in total. The molecule has 2 atom stereocenters. The highest BCUT2D eigenvalue weighted by Crippen LogP contribution is 2.36. The summed E-state index contributed by atoms with van der Waals surface area (Å²) in [6.45, 7) is 2.13. The molecule has 68 valence electrons. The molecule has 0 aromatic heterocycles. The second-order valence-corrected chi connectivity index (χ2v) is 3.95. The molecule has 1 fully saturated rings. The lowest BCUT2D eigenvalue weighted by atomic mass is 9.74. The molecule has 0 saturated heterocycles. The summed E-state index contributed by atoms with van der Waals surface area (Å²) in [5.74, 6) is 3.03. The lowest BCUT2D eigenvalue weighted by Gasteiger charge is -2.37. The third-order valence-electron chi connectivity index (χ3n) is 3.12. The van der Waals surface area contributed by atoms with Crippen molar-refractivity contribution in [3.63, 3.8) is 0 Å². The molecule has 1 heteroatoms. The predicted octanol–water partition coefficient (Wildman–Crippen LogP) is 2.34. The molecule has 0 radical (unpaired) electrons. The van der Waals surface area contributed by atoms with E-state index in [-0.39, 0.29) is 0 Å². The van der Waals surface area contributed by atoms with Crippen LogP contribution in [0.25, 0.3) is 0 Å². The Morgan fingerprint density at radius 2 is 2.33 bits per heavy atom. The molecule has 0 aromatic carbocycles. The van der Waals surface area contributed by atoms with Crippen LogP contribution in [0, 0.1) is 18.3 Å². The maximum atomic E-state index is 10.2. The smallest absolute Gasteiger partial charge is 0.0682 e. The minimum atomic E-state index is -0.454. The van der Waals surface area contributed by atoms with Crippen molar-refractivity contribution < 1.29 is 5.11 Å². The monoisotopic (exact) mass is 166 g/mol. The maximum absolute atomic E-state index is 10.2. The number of hydrogen-bond donors (Lipinski definition) is 1. The zero-order valence-electron chi connectivity index (χ0n) is 7.84. The van der Waals surface area contributed by atoms with Crippen molar-refractivity contribution in [2.75, 3.05) is 0 Å². The zero-order valence-corrected chi connectivity index (χ0v) is 7.84. The summed E-state index contributed by atoms with van der Waals surface area (Å²) in [6.07, 6.45) is 11.2. The fourth-order valence-corrected chi connectivity index (χ4v) is 2.06. The van der Waals surface area contributed by atoms with Crippen LogP contribution in [0.4, 0.5) is 0 Å². The largest absolute Gasteiger partial charge is 0.390 e. The molecule has 0 aromatic rings. The van der Waals surface area contributed by atoms with E-state index in [2.05, 4.69) is 12.8 Å². The van der Waals surface area contributed by atoms with Crippen molar-refractivity contribution in [3.05, 3.63) is 0 Å². The van der Waals surface area contributed by atoms with Crippen molar-refractivity contribution in [1.29, 1.82) is 0 Å². The SMILES string of the molecule is C#CCCC1(O)CCCCC1C. The average Bonchev–Trinajstić information content (AvgIpc) is 2.07. The Hall–Kier alpha value is -0.480. The molecule has 2 unspecified atom stereocenters. The molecular formula is C11H18O. The van der Waals surface area contributed by atoms with Crippen LogP contribution in [0.2, 0.25) is 0 Å². The summed E-state index contributed by atoms with van der Waals surface area (Å²) >= 11 is 0. The Morgan fingerprint density at radius 3 is 2.92 bits per heavy atom. The van der Waals surface area contributed by atoms with Gasteiger partial charge < -0.3 is 5.11 Å². The Balaban J connectivity index is 2.48. The molecule has 1 nitrogen and oxygen atoms in total. The highest BCUT2D eigenvalue weighted by molar-refractivity contribution is 4.93. The Morgan fingerprint density at radius 1 is 1.58 bits per heavy atom. The minimum absolute atomic E-state index is 0.430. The van der Waals surface area contributed by atoms with Gasteiger partial charge in [-0.1, -0.05) is 19.8 Å². The molecule has 0 heterocycles. The first-order valence-corrected chi connectivity index (χ1v) is 4.85. The van der Waals surface area contributed by atoms with E-state index < -0.39 is 5.60 Å². The van der Waals surface area contributed by atoms with Gasteiger partial charge in [-0.15, -0.1) is 12.3 Å². The van der Waals surface area contributed by atoms with Gasteiger partial charge in [-0.3, -0.25) is 0 Å². The van der Waals surface area contributed by atoms with Gasteiger partial charge in [-0.05, 0) is 25.2 Å². The molecule has 0 amide bonds. The van der Waals surface area contributed by atoms with Gasteiger partial charge in [0, 0.05) is 6.42 Å². The fraction of sp³-hybridized carbons (Fsp3) is 0.818. The Labute approximate surface area is 75.2 Å². The van der Waals surface area contributed by atoms with Gasteiger partial charge in [-0.2, -0.15) is 0 Å². The number of rotatable bonds is 2. The highest BCUT2D eigenvalue weighted by atomic mass is 16.3. The van der Waals surface area contributed by atoms with Crippen LogP contribution in [0.1, 0.15) is 45.4 Å². The number of aliphatic hydroxyl groups is 1. The van der Waals surface area contributed by atoms with Crippen molar-refractivity contribution in [2.45, 2.75) is 51.0 Å². The molecule has 0 aliphatic heterocycles.